The van der Waals surface area contributed by atoms with E-state index in [4.69, 9.17) is 11.6 Å². The van der Waals surface area contributed by atoms with Gasteiger partial charge in [-0.2, -0.15) is 0 Å². The van der Waals surface area contributed by atoms with Crippen LogP contribution < -0.4 is 10.6 Å². The number of aryl methyl sites for hydroxylation is 1. The summed E-state index contributed by atoms with van der Waals surface area (Å²) in [5.41, 5.74) is 1.57. The molecule has 2 amide bonds. The van der Waals surface area contributed by atoms with E-state index in [-0.39, 0.29) is 11.8 Å². The molecule has 2 rings (SSSR count). The number of hydrogen-bond donors (Lipinski definition) is 2. The first-order chi connectivity index (χ1) is 11.2. The Hall–Kier alpha value is -2.33. The van der Waals surface area contributed by atoms with Crippen molar-refractivity contribution >= 4 is 23.4 Å². The molecule has 2 aromatic carbocycles. The van der Waals surface area contributed by atoms with Crippen LogP contribution in [0, 0.1) is 0 Å². The highest BCUT2D eigenvalue weighted by Gasteiger charge is 2.08. The van der Waals surface area contributed by atoms with Crippen molar-refractivity contribution in [2.75, 3.05) is 13.1 Å². The first-order valence-electron chi connectivity index (χ1n) is 7.50. The molecule has 0 heterocycles. The van der Waals surface area contributed by atoms with E-state index in [1.54, 1.807) is 24.3 Å². The molecule has 0 aromatic heterocycles. The van der Waals surface area contributed by atoms with Gasteiger partial charge in [0.05, 0.1) is 10.6 Å². The van der Waals surface area contributed by atoms with Crippen molar-refractivity contribution in [3.05, 3.63) is 70.7 Å². The maximum atomic E-state index is 11.9. The Labute approximate surface area is 140 Å². The third-order valence-electron chi connectivity index (χ3n) is 3.33. The van der Waals surface area contributed by atoms with E-state index in [0.29, 0.717) is 36.5 Å². The zero-order chi connectivity index (χ0) is 16.5. The Morgan fingerprint density at radius 1 is 0.870 bits per heavy atom. The van der Waals surface area contributed by atoms with Crippen molar-refractivity contribution in [2.24, 2.45) is 0 Å². The number of benzene rings is 2. The lowest BCUT2D eigenvalue weighted by molar-refractivity contribution is -0.121. The van der Waals surface area contributed by atoms with Crippen LogP contribution in [0.25, 0.3) is 0 Å². The fourth-order valence-corrected chi connectivity index (χ4v) is 2.33. The van der Waals surface area contributed by atoms with Crippen LogP contribution in [0.2, 0.25) is 5.02 Å². The zero-order valence-electron chi connectivity index (χ0n) is 12.7. The van der Waals surface area contributed by atoms with E-state index in [9.17, 15) is 9.59 Å². The van der Waals surface area contributed by atoms with Crippen LogP contribution in [0.15, 0.2) is 54.6 Å². The molecule has 0 aliphatic carbocycles. The number of amides is 2. The number of hydrogen-bond acceptors (Lipinski definition) is 2. The number of carbonyl (C=O) groups excluding carboxylic acids is 2. The second kappa shape index (κ2) is 8.96. The Bertz CT molecular complexity index is 659. The summed E-state index contributed by atoms with van der Waals surface area (Å²) < 4.78 is 0. The second-order valence-electron chi connectivity index (χ2n) is 5.07. The van der Waals surface area contributed by atoms with Gasteiger partial charge in [-0.25, -0.2) is 0 Å². The summed E-state index contributed by atoms with van der Waals surface area (Å²) in [6, 6.07) is 16.7. The first-order valence-corrected chi connectivity index (χ1v) is 7.88. The van der Waals surface area contributed by atoms with Crippen LogP contribution in [0.4, 0.5) is 0 Å². The molecule has 4 nitrogen and oxygen atoms in total. The Kier molecular flexibility index (Phi) is 6.63. The van der Waals surface area contributed by atoms with Crippen molar-refractivity contribution in [1.82, 2.24) is 10.6 Å². The monoisotopic (exact) mass is 330 g/mol. The summed E-state index contributed by atoms with van der Waals surface area (Å²) in [6.45, 7) is 0.755. The molecule has 23 heavy (non-hydrogen) atoms. The van der Waals surface area contributed by atoms with Gasteiger partial charge in [0.15, 0.2) is 0 Å². The molecule has 0 radical (unpaired) electrons. The predicted octanol–water partition coefficient (Wildman–Crippen LogP) is 2.82. The maximum Gasteiger partial charge on any atom is 0.252 e. The summed E-state index contributed by atoms with van der Waals surface area (Å²) in [5, 5.41) is 5.93. The van der Waals surface area contributed by atoms with Gasteiger partial charge in [0, 0.05) is 19.5 Å². The average molecular weight is 331 g/mol. The summed E-state index contributed by atoms with van der Waals surface area (Å²) in [4.78, 5) is 23.7. The normalized spacial score (nSPS) is 10.1. The lowest BCUT2D eigenvalue weighted by Crippen LogP contribution is -2.34. The van der Waals surface area contributed by atoms with Crippen molar-refractivity contribution in [2.45, 2.75) is 12.8 Å². The molecule has 2 aromatic rings. The van der Waals surface area contributed by atoms with Crippen molar-refractivity contribution in [3.8, 4) is 0 Å². The van der Waals surface area contributed by atoms with Crippen molar-refractivity contribution < 1.29 is 9.59 Å². The Morgan fingerprint density at radius 2 is 1.52 bits per heavy atom. The van der Waals surface area contributed by atoms with Gasteiger partial charge in [-0.05, 0) is 24.1 Å². The SMILES string of the molecule is O=C(CCc1ccccc1)NCCNC(=O)c1ccccc1Cl. The molecule has 5 heteroatoms. The zero-order valence-corrected chi connectivity index (χ0v) is 13.5. The lowest BCUT2D eigenvalue weighted by Gasteiger charge is -2.08. The molecule has 0 spiro atoms. The lowest BCUT2D eigenvalue weighted by atomic mass is 10.1. The molecule has 0 saturated heterocycles. The minimum Gasteiger partial charge on any atom is -0.354 e. The Balaban J connectivity index is 1.64. The molecule has 0 fully saturated rings. The number of rotatable bonds is 7. The Morgan fingerprint density at radius 3 is 2.26 bits per heavy atom. The molecule has 0 aliphatic rings. The highest BCUT2D eigenvalue weighted by Crippen LogP contribution is 2.14. The minimum atomic E-state index is -0.242. The fourth-order valence-electron chi connectivity index (χ4n) is 2.11. The van der Waals surface area contributed by atoms with Crippen LogP contribution >= 0.6 is 11.6 Å². The van der Waals surface area contributed by atoms with Gasteiger partial charge in [0.25, 0.3) is 5.91 Å². The minimum absolute atomic E-state index is 0.0270. The van der Waals surface area contributed by atoms with Crippen LogP contribution in [-0.2, 0) is 11.2 Å². The summed E-state index contributed by atoms with van der Waals surface area (Å²) >= 11 is 5.95. The smallest absolute Gasteiger partial charge is 0.252 e. The number of halogens is 1. The highest BCUT2D eigenvalue weighted by atomic mass is 35.5. The van der Waals surface area contributed by atoms with Gasteiger partial charge in [0.2, 0.25) is 5.91 Å². The molecule has 0 unspecified atom stereocenters. The highest BCUT2D eigenvalue weighted by molar-refractivity contribution is 6.33. The standard InChI is InChI=1S/C18H19ClN2O2/c19-16-9-5-4-8-15(16)18(23)21-13-12-20-17(22)11-10-14-6-2-1-3-7-14/h1-9H,10-13H2,(H,20,22)(H,21,23). The second-order valence-corrected chi connectivity index (χ2v) is 5.48. The number of nitrogens with one attached hydrogen (secondary N) is 2. The van der Waals surface area contributed by atoms with Gasteiger partial charge in [0.1, 0.15) is 0 Å². The molecule has 120 valence electrons. The largest absolute Gasteiger partial charge is 0.354 e. The maximum absolute atomic E-state index is 11.9. The van der Waals surface area contributed by atoms with Gasteiger partial charge >= 0.3 is 0 Å². The predicted molar refractivity (Wildman–Crippen MR) is 91.6 cm³/mol. The van der Waals surface area contributed by atoms with Gasteiger partial charge in [-0.3, -0.25) is 9.59 Å². The topological polar surface area (TPSA) is 58.2 Å². The molecule has 0 bridgehead atoms. The molecule has 2 N–H and O–H groups in total. The molecular formula is C18H19ClN2O2. The van der Waals surface area contributed by atoms with E-state index >= 15 is 0 Å². The fraction of sp³-hybridized carbons (Fsp3) is 0.222. The summed E-state index contributed by atoms with van der Waals surface area (Å²) in [7, 11) is 0. The van der Waals surface area contributed by atoms with E-state index < -0.39 is 0 Å². The molecule has 0 atom stereocenters. The van der Waals surface area contributed by atoms with Crippen LogP contribution in [0.3, 0.4) is 0 Å². The summed E-state index contributed by atoms with van der Waals surface area (Å²) in [6.07, 6.45) is 1.14. The van der Waals surface area contributed by atoms with Gasteiger partial charge in [-0.15, -0.1) is 0 Å². The third kappa shape index (κ3) is 5.75. The average Bonchev–Trinajstić information content (AvgIpc) is 2.58. The summed E-state index contributed by atoms with van der Waals surface area (Å²) in [5.74, 6) is -0.269. The molecule has 0 aliphatic heterocycles. The number of carbonyl (C=O) groups is 2. The van der Waals surface area contributed by atoms with Crippen molar-refractivity contribution in [1.29, 1.82) is 0 Å². The molecule has 0 saturated carbocycles. The van der Waals surface area contributed by atoms with E-state index in [0.717, 1.165) is 5.56 Å². The van der Waals surface area contributed by atoms with Gasteiger partial charge in [-0.1, -0.05) is 54.1 Å². The van der Waals surface area contributed by atoms with Gasteiger partial charge < -0.3 is 10.6 Å². The quantitative estimate of drug-likeness (QED) is 0.767. The van der Waals surface area contributed by atoms with Crippen LogP contribution in [0.1, 0.15) is 22.3 Å². The first kappa shape index (κ1) is 17.0. The van der Waals surface area contributed by atoms with Crippen LogP contribution in [0.5, 0.6) is 0 Å². The third-order valence-corrected chi connectivity index (χ3v) is 3.66. The van der Waals surface area contributed by atoms with E-state index in [1.165, 1.54) is 0 Å². The van der Waals surface area contributed by atoms with E-state index in [2.05, 4.69) is 10.6 Å². The van der Waals surface area contributed by atoms with Crippen molar-refractivity contribution in [3.63, 3.8) is 0 Å². The van der Waals surface area contributed by atoms with E-state index in [1.807, 2.05) is 30.3 Å². The van der Waals surface area contributed by atoms with Crippen LogP contribution in [-0.4, -0.2) is 24.9 Å². The molecular weight excluding hydrogens is 312 g/mol.